The van der Waals surface area contributed by atoms with E-state index in [1.165, 1.54) is 6.20 Å². The van der Waals surface area contributed by atoms with Crippen molar-refractivity contribution in [1.82, 2.24) is 9.55 Å². The number of rotatable bonds is 5. The van der Waals surface area contributed by atoms with E-state index in [4.69, 9.17) is 10.7 Å². The maximum absolute atomic E-state index is 11.4. The second-order valence-corrected chi connectivity index (χ2v) is 7.87. The molecule has 0 aliphatic heterocycles. The molecule has 0 amide bonds. The van der Waals surface area contributed by atoms with Gasteiger partial charge in [0.15, 0.2) is 5.03 Å². The molecular weight excluding hydrogens is 364 g/mol. The lowest BCUT2D eigenvalue weighted by Gasteiger charge is -2.07. The summed E-state index contributed by atoms with van der Waals surface area (Å²) in [4.78, 5) is 4.12. The molecule has 0 saturated carbocycles. The number of aryl methyl sites for hydroxylation is 1. The Labute approximate surface area is 131 Å². The van der Waals surface area contributed by atoms with Gasteiger partial charge < -0.3 is 4.57 Å². The van der Waals surface area contributed by atoms with E-state index >= 15 is 0 Å². The largest absolute Gasteiger partial charge is 0.329 e. The van der Waals surface area contributed by atoms with E-state index in [1.54, 1.807) is 0 Å². The van der Waals surface area contributed by atoms with Crippen LogP contribution in [-0.4, -0.2) is 18.0 Å². The van der Waals surface area contributed by atoms with Gasteiger partial charge in [-0.3, -0.25) is 0 Å². The van der Waals surface area contributed by atoms with E-state index in [-0.39, 0.29) is 5.03 Å². The van der Waals surface area contributed by atoms with Crippen LogP contribution in [0.15, 0.2) is 40.0 Å². The highest BCUT2D eigenvalue weighted by atomic mass is 79.9. The second-order valence-electron chi connectivity index (χ2n) is 4.44. The molecule has 1 heterocycles. The van der Waals surface area contributed by atoms with Crippen LogP contribution in [0.5, 0.6) is 0 Å². The van der Waals surface area contributed by atoms with Crippen molar-refractivity contribution in [3.63, 3.8) is 0 Å². The van der Waals surface area contributed by atoms with Crippen LogP contribution in [-0.2, 0) is 22.0 Å². The van der Waals surface area contributed by atoms with Crippen LogP contribution in [0, 0.1) is 0 Å². The highest BCUT2D eigenvalue weighted by Gasteiger charge is 2.17. The third-order valence-electron chi connectivity index (χ3n) is 2.80. The monoisotopic (exact) mass is 376 g/mol. The van der Waals surface area contributed by atoms with Gasteiger partial charge >= 0.3 is 0 Å². The summed E-state index contributed by atoms with van der Waals surface area (Å²) in [6, 6.07) is 7.86. The lowest BCUT2D eigenvalue weighted by atomic mass is 10.2. The Kier molecular flexibility index (Phi) is 4.88. The van der Waals surface area contributed by atoms with E-state index in [1.807, 2.05) is 35.8 Å². The van der Waals surface area contributed by atoms with Crippen molar-refractivity contribution >= 4 is 35.7 Å². The molecule has 7 heteroatoms. The Hall–Kier alpha value is -0.850. The van der Waals surface area contributed by atoms with Gasteiger partial charge in [0.25, 0.3) is 9.05 Å². The zero-order valence-corrected chi connectivity index (χ0v) is 14.0. The zero-order valence-electron chi connectivity index (χ0n) is 10.9. The number of imidazole rings is 1. The van der Waals surface area contributed by atoms with Crippen LogP contribution in [0.25, 0.3) is 0 Å². The number of halogens is 2. The normalized spacial score (nSPS) is 11.8. The van der Waals surface area contributed by atoms with Crippen molar-refractivity contribution in [2.24, 2.45) is 0 Å². The average molecular weight is 378 g/mol. The quantitative estimate of drug-likeness (QED) is 0.748. The SMILES string of the molecule is CCCc1nc(S(=O)(=O)Cl)cn1Cc1cccc(Br)c1. The van der Waals surface area contributed by atoms with E-state index in [0.717, 1.165) is 22.3 Å². The Morgan fingerprint density at radius 2 is 2.15 bits per heavy atom. The van der Waals surface area contributed by atoms with Crippen molar-refractivity contribution in [2.75, 3.05) is 0 Å². The summed E-state index contributed by atoms with van der Waals surface area (Å²) in [5.41, 5.74) is 1.06. The summed E-state index contributed by atoms with van der Waals surface area (Å²) >= 11 is 3.42. The van der Waals surface area contributed by atoms with Gasteiger partial charge in [-0.05, 0) is 24.1 Å². The number of hydrogen-bond donors (Lipinski definition) is 0. The zero-order chi connectivity index (χ0) is 14.8. The van der Waals surface area contributed by atoms with E-state index in [2.05, 4.69) is 20.9 Å². The first-order valence-electron chi connectivity index (χ1n) is 6.15. The number of aromatic nitrogens is 2. The minimum atomic E-state index is -3.79. The molecule has 0 saturated heterocycles. The first kappa shape index (κ1) is 15.5. The standard InChI is InChI=1S/C13H14BrClN2O2S/c1-2-4-12-16-13(20(15,18)19)9-17(12)8-10-5-3-6-11(14)7-10/h3,5-7,9H,2,4,8H2,1H3. The molecule has 2 aromatic rings. The molecule has 4 nitrogen and oxygen atoms in total. The minimum Gasteiger partial charge on any atom is -0.329 e. The summed E-state index contributed by atoms with van der Waals surface area (Å²) in [7, 11) is 1.57. The van der Waals surface area contributed by atoms with Gasteiger partial charge in [-0.1, -0.05) is 35.0 Å². The highest BCUT2D eigenvalue weighted by molar-refractivity contribution is 9.10. The van der Waals surface area contributed by atoms with Crippen LogP contribution in [0.4, 0.5) is 0 Å². The Balaban J connectivity index is 2.37. The number of hydrogen-bond acceptors (Lipinski definition) is 3. The third-order valence-corrected chi connectivity index (χ3v) is 4.47. The maximum Gasteiger partial charge on any atom is 0.280 e. The van der Waals surface area contributed by atoms with Crippen LogP contribution in [0.1, 0.15) is 24.7 Å². The fraction of sp³-hybridized carbons (Fsp3) is 0.308. The molecule has 0 bridgehead atoms. The molecule has 0 spiro atoms. The molecule has 0 aliphatic carbocycles. The summed E-state index contributed by atoms with van der Waals surface area (Å²) in [5, 5.41) is -0.0855. The fourth-order valence-corrected chi connectivity index (χ4v) is 3.07. The number of benzene rings is 1. The van der Waals surface area contributed by atoms with E-state index in [9.17, 15) is 8.42 Å². The predicted octanol–water partition coefficient (Wildman–Crippen LogP) is 3.57. The Bertz CT molecular complexity index is 713. The van der Waals surface area contributed by atoms with Gasteiger partial charge in [0.1, 0.15) is 5.82 Å². The molecule has 0 aliphatic rings. The average Bonchev–Trinajstić information content (AvgIpc) is 2.73. The van der Waals surface area contributed by atoms with Crippen molar-refractivity contribution in [2.45, 2.75) is 31.3 Å². The van der Waals surface area contributed by atoms with Gasteiger partial charge in [-0.15, -0.1) is 0 Å². The maximum atomic E-state index is 11.4. The first-order chi connectivity index (χ1) is 9.40. The van der Waals surface area contributed by atoms with E-state index in [0.29, 0.717) is 13.0 Å². The van der Waals surface area contributed by atoms with Gasteiger partial charge in [0.05, 0.1) is 0 Å². The number of nitrogens with zero attached hydrogens (tertiary/aromatic N) is 2. The van der Waals surface area contributed by atoms with Gasteiger partial charge in [0, 0.05) is 34.3 Å². The smallest absolute Gasteiger partial charge is 0.280 e. The Morgan fingerprint density at radius 3 is 2.75 bits per heavy atom. The molecule has 2 rings (SSSR count). The molecule has 0 unspecified atom stereocenters. The molecule has 0 radical (unpaired) electrons. The summed E-state index contributed by atoms with van der Waals surface area (Å²) < 4.78 is 25.6. The van der Waals surface area contributed by atoms with Gasteiger partial charge in [-0.2, -0.15) is 0 Å². The molecule has 1 aromatic heterocycles. The van der Waals surface area contributed by atoms with Crippen LogP contribution >= 0.6 is 26.6 Å². The summed E-state index contributed by atoms with van der Waals surface area (Å²) in [6.07, 6.45) is 3.09. The highest BCUT2D eigenvalue weighted by Crippen LogP contribution is 2.18. The van der Waals surface area contributed by atoms with Crippen LogP contribution in [0.3, 0.4) is 0 Å². The van der Waals surface area contributed by atoms with Crippen LogP contribution < -0.4 is 0 Å². The van der Waals surface area contributed by atoms with Gasteiger partial charge in [-0.25, -0.2) is 13.4 Å². The predicted molar refractivity (Wildman–Crippen MR) is 82.5 cm³/mol. The molecule has 108 valence electrons. The molecule has 20 heavy (non-hydrogen) atoms. The third kappa shape index (κ3) is 3.84. The van der Waals surface area contributed by atoms with Crippen molar-refractivity contribution < 1.29 is 8.42 Å². The Morgan fingerprint density at radius 1 is 1.40 bits per heavy atom. The molecule has 1 aromatic carbocycles. The second kappa shape index (κ2) is 6.28. The summed E-state index contributed by atoms with van der Waals surface area (Å²) in [5.74, 6) is 0.728. The van der Waals surface area contributed by atoms with Crippen molar-refractivity contribution in [3.05, 3.63) is 46.3 Å². The molecule has 0 N–H and O–H groups in total. The van der Waals surface area contributed by atoms with E-state index < -0.39 is 9.05 Å². The molecule has 0 fully saturated rings. The molecular formula is C13H14BrClN2O2S. The van der Waals surface area contributed by atoms with Crippen LogP contribution in [0.2, 0.25) is 0 Å². The topological polar surface area (TPSA) is 52.0 Å². The summed E-state index contributed by atoms with van der Waals surface area (Å²) in [6.45, 7) is 2.58. The first-order valence-corrected chi connectivity index (χ1v) is 9.25. The van der Waals surface area contributed by atoms with Crippen molar-refractivity contribution in [3.8, 4) is 0 Å². The lowest BCUT2D eigenvalue weighted by molar-refractivity contribution is 0.606. The minimum absolute atomic E-state index is 0.0855. The molecule has 0 atom stereocenters. The lowest BCUT2D eigenvalue weighted by Crippen LogP contribution is -2.04. The fourth-order valence-electron chi connectivity index (χ4n) is 1.94. The van der Waals surface area contributed by atoms with Crippen molar-refractivity contribution in [1.29, 1.82) is 0 Å². The van der Waals surface area contributed by atoms with Gasteiger partial charge in [0.2, 0.25) is 0 Å².